The van der Waals surface area contributed by atoms with E-state index in [9.17, 15) is 14.4 Å². The fourth-order valence-electron chi connectivity index (χ4n) is 2.71. The average molecular weight is 344 g/mol. The minimum atomic E-state index is -0.370. The molecule has 1 aliphatic heterocycles. The largest absolute Gasteiger partial charge is 0.349 e. The first-order valence-corrected chi connectivity index (χ1v) is 8.18. The summed E-state index contributed by atoms with van der Waals surface area (Å²) in [5.41, 5.74) is 0.534. The van der Waals surface area contributed by atoms with Gasteiger partial charge >= 0.3 is 0 Å². The fourth-order valence-corrected chi connectivity index (χ4v) is 2.71. The van der Waals surface area contributed by atoms with E-state index in [1.54, 1.807) is 13.0 Å². The van der Waals surface area contributed by atoms with E-state index in [4.69, 9.17) is 0 Å². The number of H-pyrrole nitrogens is 1. The van der Waals surface area contributed by atoms with Crippen LogP contribution in [-0.2, 0) is 17.9 Å². The number of carbonyl (C=O) groups is 1. The van der Waals surface area contributed by atoms with Crippen LogP contribution in [0.25, 0.3) is 0 Å². The van der Waals surface area contributed by atoms with Gasteiger partial charge in [0.1, 0.15) is 6.54 Å². The Kier molecular flexibility index (Phi) is 4.92. The topological polar surface area (TPSA) is 113 Å². The maximum Gasteiger partial charge on any atom is 0.267 e. The van der Waals surface area contributed by atoms with E-state index in [-0.39, 0.29) is 30.1 Å². The van der Waals surface area contributed by atoms with Gasteiger partial charge in [-0.3, -0.25) is 19.4 Å². The quantitative estimate of drug-likeness (QED) is 0.760. The summed E-state index contributed by atoms with van der Waals surface area (Å²) in [5.74, 6) is 0.163. The van der Waals surface area contributed by atoms with Crippen LogP contribution in [0.4, 0.5) is 5.95 Å². The lowest BCUT2D eigenvalue weighted by molar-refractivity contribution is -0.122. The van der Waals surface area contributed by atoms with E-state index in [0.29, 0.717) is 17.3 Å². The molecule has 0 spiro atoms. The molecule has 1 saturated heterocycles. The minimum Gasteiger partial charge on any atom is -0.349 e. The summed E-state index contributed by atoms with van der Waals surface area (Å²) >= 11 is 0. The van der Waals surface area contributed by atoms with Gasteiger partial charge in [-0.1, -0.05) is 0 Å². The number of aromatic amines is 1. The van der Waals surface area contributed by atoms with Gasteiger partial charge in [0.05, 0.1) is 17.9 Å². The Morgan fingerprint density at radius 3 is 2.80 bits per heavy atom. The third-order valence-corrected chi connectivity index (χ3v) is 3.95. The minimum absolute atomic E-state index is 0.115. The SMILES string of the molecule is Cc1ccc(=O)n(CC(=O)NCc2cc(=O)[nH]c(N3CCCC3)n2)n1. The van der Waals surface area contributed by atoms with Gasteiger partial charge in [-0.05, 0) is 25.8 Å². The molecule has 25 heavy (non-hydrogen) atoms. The van der Waals surface area contributed by atoms with E-state index in [1.165, 1.54) is 12.1 Å². The molecule has 3 heterocycles. The fraction of sp³-hybridized carbons (Fsp3) is 0.438. The molecule has 0 aromatic carbocycles. The van der Waals surface area contributed by atoms with Crippen molar-refractivity contribution >= 4 is 11.9 Å². The second-order valence-corrected chi connectivity index (χ2v) is 6.00. The number of nitrogens with zero attached hydrogens (tertiary/aromatic N) is 4. The summed E-state index contributed by atoms with van der Waals surface area (Å²) in [6.45, 7) is 3.40. The summed E-state index contributed by atoms with van der Waals surface area (Å²) in [5, 5.41) is 6.68. The summed E-state index contributed by atoms with van der Waals surface area (Å²) in [7, 11) is 0. The van der Waals surface area contributed by atoms with Crippen molar-refractivity contribution in [3.63, 3.8) is 0 Å². The standard InChI is InChI=1S/C16H20N6O3/c1-11-4-5-15(25)22(20-11)10-14(24)17-9-12-8-13(23)19-16(18-12)21-6-2-3-7-21/h4-5,8H,2-3,6-7,9-10H2,1H3,(H,17,24)(H,18,19,23). The van der Waals surface area contributed by atoms with Crippen LogP contribution in [0, 0.1) is 6.92 Å². The van der Waals surface area contributed by atoms with Crippen LogP contribution in [0.3, 0.4) is 0 Å². The molecule has 9 nitrogen and oxygen atoms in total. The van der Waals surface area contributed by atoms with E-state index in [0.717, 1.165) is 30.6 Å². The molecule has 0 saturated carbocycles. The number of rotatable bonds is 5. The van der Waals surface area contributed by atoms with Crippen molar-refractivity contribution in [2.45, 2.75) is 32.9 Å². The van der Waals surface area contributed by atoms with Crippen LogP contribution in [0.15, 0.2) is 27.8 Å². The van der Waals surface area contributed by atoms with Crippen molar-refractivity contribution in [3.05, 3.63) is 50.3 Å². The highest BCUT2D eigenvalue weighted by atomic mass is 16.2. The average Bonchev–Trinajstić information content (AvgIpc) is 3.10. The van der Waals surface area contributed by atoms with E-state index in [1.807, 2.05) is 4.90 Å². The first kappa shape index (κ1) is 16.9. The van der Waals surface area contributed by atoms with Gasteiger partial charge in [0.2, 0.25) is 11.9 Å². The molecule has 0 aliphatic carbocycles. The van der Waals surface area contributed by atoms with Gasteiger partial charge in [0.15, 0.2) is 0 Å². The molecule has 1 aliphatic rings. The molecule has 3 rings (SSSR count). The Bertz CT molecular complexity index is 882. The van der Waals surface area contributed by atoms with Crippen molar-refractivity contribution in [1.29, 1.82) is 0 Å². The van der Waals surface area contributed by atoms with Crippen molar-refractivity contribution in [2.24, 2.45) is 0 Å². The van der Waals surface area contributed by atoms with Crippen molar-refractivity contribution < 1.29 is 4.79 Å². The molecule has 1 amide bonds. The summed E-state index contributed by atoms with van der Waals surface area (Å²) in [6, 6.07) is 4.32. The van der Waals surface area contributed by atoms with Gasteiger partial charge in [-0.15, -0.1) is 0 Å². The van der Waals surface area contributed by atoms with Gasteiger partial charge < -0.3 is 10.2 Å². The maximum absolute atomic E-state index is 12.0. The van der Waals surface area contributed by atoms with Gasteiger partial charge in [0.25, 0.3) is 11.1 Å². The Morgan fingerprint density at radius 2 is 2.04 bits per heavy atom. The predicted octanol–water partition coefficient (Wildman–Crippen LogP) is -0.448. The Labute approximate surface area is 143 Å². The Morgan fingerprint density at radius 1 is 1.28 bits per heavy atom. The van der Waals surface area contributed by atoms with Crippen LogP contribution >= 0.6 is 0 Å². The van der Waals surface area contributed by atoms with Crippen LogP contribution in [-0.4, -0.2) is 38.7 Å². The Balaban J connectivity index is 1.64. The highest BCUT2D eigenvalue weighted by Gasteiger charge is 2.15. The van der Waals surface area contributed by atoms with Crippen LogP contribution in [0.5, 0.6) is 0 Å². The predicted molar refractivity (Wildman–Crippen MR) is 91.4 cm³/mol. The van der Waals surface area contributed by atoms with E-state index in [2.05, 4.69) is 20.4 Å². The number of aromatic nitrogens is 4. The highest BCUT2D eigenvalue weighted by Crippen LogP contribution is 2.14. The van der Waals surface area contributed by atoms with Gasteiger partial charge in [-0.2, -0.15) is 5.10 Å². The molecule has 2 aromatic rings. The van der Waals surface area contributed by atoms with Gasteiger partial charge in [0, 0.05) is 25.2 Å². The molecular formula is C16H20N6O3. The second kappa shape index (κ2) is 7.29. The lowest BCUT2D eigenvalue weighted by Gasteiger charge is -2.16. The van der Waals surface area contributed by atoms with Gasteiger partial charge in [-0.25, -0.2) is 9.67 Å². The molecule has 0 unspecified atom stereocenters. The van der Waals surface area contributed by atoms with Crippen LogP contribution in [0.2, 0.25) is 0 Å². The smallest absolute Gasteiger partial charge is 0.267 e. The van der Waals surface area contributed by atoms with Crippen LogP contribution in [0.1, 0.15) is 24.2 Å². The monoisotopic (exact) mass is 344 g/mol. The molecular weight excluding hydrogens is 324 g/mol. The van der Waals surface area contributed by atoms with Crippen molar-refractivity contribution in [1.82, 2.24) is 25.1 Å². The van der Waals surface area contributed by atoms with E-state index < -0.39 is 0 Å². The summed E-state index contributed by atoms with van der Waals surface area (Å²) in [6.07, 6.45) is 2.14. The number of anilines is 1. The molecule has 132 valence electrons. The number of nitrogens with one attached hydrogen (secondary N) is 2. The molecule has 9 heteroatoms. The first-order valence-electron chi connectivity index (χ1n) is 8.18. The molecule has 2 aromatic heterocycles. The second-order valence-electron chi connectivity index (χ2n) is 6.00. The van der Waals surface area contributed by atoms with Crippen molar-refractivity contribution in [2.75, 3.05) is 18.0 Å². The Hall–Kier alpha value is -2.97. The van der Waals surface area contributed by atoms with E-state index >= 15 is 0 Å². The molecule has 1 fully saturated rings. The zero-order chi connectivity index (χ0) is 17.8. The lowest BCUT2D eigenvalue weighted by atomic mass is 10.4. The van der Waals surface area contributed by atoms with Crippen LogP contribution < -0.4 is 21.3 Å². The molecule has 0 bridgehead atoms. The number of aryl methyl sites for hydroxylation is 1. The molecule has 0 atom stereocenters. The number of hydrogen-bond acceptors (Lipinski definition) is 6. The maximum atomic E-state index is 12.0. The molecule has 0 radical (unpaired) electrons. The highest BCUT2D eigenvalue weighted by molar-refractivity contribution is 5.75. The number of hydrogen-bond donors (Lipinski definition) is 2. The zero-order valence-electron chi connectivity index (χ0n) is 14.0. The normalized spacial score (nSPS) is 13.9. The van der Waals surface area contributed by atoms with Crippen molar-refractivity contribution in [3.8, 4) is 0 Å². The third kappa shape index (κ3) is 4.31. The lowest BCUT2D eigenvalue weighted by Crippen LogP contribution is -2.34. The number of carbonyl (C=O) groups excluding carboxylic acids is 1. The summed E-state index contributed by atoms with van der Waals surface area (Å²) in [4.78, 5) is 44.6. The first-order chi connectivity index (χ1) is 12.0. The third-order valence-electron chi connectivity index (χ3n) is 3.95. The number of amides is 1. The summed E-state index contributed by atoms with van der Waals surface area (Å²) < 4.78 is 1.10. The zero-order valence-corrected chi connectivity index (χ0v) is 14.0. The molecule has 2 N–H and O–H groups in total.